The summed E-state index contributed by atoms with van der Waals surface area (Å²) < 4.78 is 5.87. The Balaban J connectivity index is 1.80. The SMILES string of the molecule is CCOC1CC(NCC2CCCC2C)C1(C)CC. The summed E-state index contributed by atoms with van der Waals surface area (Å²) in [5.74, 6) is 1.84. The molecule has 2 aliphatic rings. The van der Waals surface area contributed by atoms with Crippen molar-refractivity contribution in [3.05, 3.63) is 0 Å². The summed E-state index contributed by atoms with van der Waals surface area (Å²) in [4.78, 5) is 0. The van der Waals surface area contributed by atoms with Crippen LogP contribution in [0.15, 0.2) is 0 Å². The van der Waals surface area contributed by atoms with Crippen molar-refractivity contribution < 1.29 is 4.74 Å². The molecule has 0 aromatic carbocycles. The summed E-state index contributed by atoms with van der Waals surface area (Å²) in [5, 5.41) is 3.84. The summed E-state index contributed by atoms with van der Waals surface area (Å²) in [5.41, 5.74) is 0.359. The van der Waals surface area contributed by atoms with E-state index in [2.05, 4.69) is 33.0 Å². The lowest BCUT2D eigenvalue weighted by molar-refractivity contribution is -0.126. The van der Waals surface area contributed by atoms with Crippen LogP contribution in [0, 0.1) is 17.3 Å². The molecule has 2 aliphatic carbocycles. The second kappa shape index (κ2) is 5.92. The van der Waals surface area contributed by atoms with E-state index < -0.39 is 0 Å². The molecule has 0 aliphatic heterocycles. The fourth-order valence-electron chi connectivity index (χ4n) is 3.89. The lowest BCUT2D eigenvalue weighted by Gasteiger charge is -2.54. The fourth-order valence-corrected chi connectivity index (χ4v) is 3.89. The van der Waals surface area contributed by atoms with Crippen LogP contribution in [0.3, 0.4) is 0 Å². The number of hydrogen-bond donors (Lipinski definition) is 1. The zero-order chi connectivity index (χ0) is 13.2. The second-order valence-electron chi connectivity index (χ2n) is 6.67. The van der Waals surface area contributed by atoms with Gasteiger partial charge in [0.15, 0.2) is 0 Å². The molecule has 2 saturated carbocycles. The van der Waals surface area contributed by atoms with Gasteiger partial charge in [-0.25, -0.2) is 0 Å². The number of hydrogen-bond acceptors (Lipinski definition) is 2. The van der Waals surface area contributed by atoms with Crippen LogP contribution in [0.5, 0.6) is 0 Å². The van der Waals surface area contributed by atoms with E-state index >= 15 is 0 Å². The standard InChI is InChI=1S/C16H31NO/c1-5-16(4)14(10-15(16)18-6-2)17-11-13-9-7-8-12(13)3/h12-15,17H,5-11H2,1-4H3. The molecule has 5 atom stereocenters. The van der Waals surface area contributed by atoms with Crippen molar-refractivity contribution in [3.63, 3.8) is 0 Å². The minimum Gasteiger partial charge on any atom is -0.378 e. The van der Waals surface area contributed by atoms with Crippen molar-refractivity contribution in [2.24, 2.45) is 17.3 Å². The van der Waals surface area contributed by atoms with E-state index in [-0.39, 0.29) is 0 Å². The highest BCUT2D eigenvalue weighted by molar-refractivity contribution is 5.05. The molecule has 2 heteroatoms. The number of nitrogens with one attached hydrogen (secondary N) is 1. The van der Waals surface area contributed by atoms with Gasteiger partial charge in [-0.15, -0.1) is 0 Å². The van der Waals surface area contributed by atoms with Crippen molar-refractivity contribution in [1.82, 2.24) is 5.32 Å². The first kappa shape index (κ1) is 14.3. The van der Waals surface area contributed by atoms with Crippen LogP contribution >= 0.6 is 0 Å². The van der Waals surface area contributed by atoms with Crippen LogP contribution in [0.1, 0.15) is 59.8 Å². The monoisotopic (exact) mass is 253 g/mol. The van der Waals surface area contributed by atoms with Gasteiger partial charge >= 0.3 is 0 Å². The Morgan fingerprint density at radius 3 is 2.61 bits per heavy atom. The first-order chi connectivity index (χ1) is 8.61. The lowest BCUT2D eigenvalue weighted by atomic mass is 9.61. The van der Waals surface area contributed by atoms with Gasteiger partial charge in [-0.05, 0) is 44.6 Å². The quantitative estimate of drug-likeness (QED) is 0.781. The number of rotatable bonds is 6. The third-order valence-electron chi connectivity index (χ3n) is 5.78. The van der Waals surface area contributed by atoms with Gasteiger partial charge in [0.25, 0.3) is 0 Å². The van der Waals surface area contributed by atoms with Crippen LogP contribution < -0.4 is 5.32 Å². The molecule has 2 nitrogen and oxygen atoms in total. The summed E-state index contributed by atoms with van der Waals surface area (Å²) in [6.07, 6.45) is 7.20. The van der Waals surface area contributed by atoms with E-state index in [1.165, 1.54) is 38.6 Å². The zero-order valence-electron chi connectivity index (χ0n) is 12.7. The average Bonchev–Trinajstić information content (AvgIpc) is 2.77. The van der Waals surface area contributed by atoms with Gasteiger partial charge in [-0.2, -0.15) is 0 Å². The van der Waals surface area contributed by atoms with Gasteiger partial charge in [0.05, 0.1) is 6.10 Å². The second-order valence-corrected chi connectivity index (χ2v) is 6.67. The van der Waals surface area contributed by atoms with E-state index in [9.17, 15) is 0 Å². The molecule has 0 heterocycles. The maximum atomic E-state index is 5.87. The van der Waals surface area contributed by atoms with Gasteiger partial charge in [0.2, 0.25) is 0 Å². The highest BCUT2D eigenvalue weighted by Gasteiger charge is 2.50. The highest BCUT2D eigenvalue weighted by atomic mass is 16.5. The molecule has 0 radical (unpaired) electrons. The molecular weight excluding hydrogens is 222 g/mol. The molecule has 2 rings (SSSR count). The molecule has 0 amide bonds. The largest absolute Gasteiger partial charge is 0.378 e. The Labute approximate surface area is 113 Å². The lowest BCUT2D eigenvalue weighted by Crippen LogP contribution is -2.62. The van der Waals surface area contributed by atoms with Crippen LogP contribution in [0.2, 0.25) is 0 Å². The van der Waals surface area contributed by atoms with Gasteiger partial charge in [-0.3, -0.25) is 0 Å². The summed E-state index contributed by atoms with van der Waals surface area (Å²) in [7, 11) is 0. The van der Waals surface area contributed by atoms with Gasteiger partial charge < -0.3 is 10.1 Å². The average molecular weight is 253 g/mol. The van der Waals surface area contributed by atoms with Crippen molar-refractivity contribution in [2.45, 2.75) is 71.9 Å². The Kier molecular flexibility index (Phi) is 4.71. The molecule has 106 valence electrons. The van der Waals surface area contributed by atoms with Gasteiger partial charge in [0.1, 0.15) is 0 Å². The van der Waals surface area contributed by atoms with Gasteiger partial charge in [0, 0.05) is 18.1 Å². The summed E-state index contributed by atoms with van der Waals surface area (Å²) in [6.45, 7) is 11.3. The van der Waals surface area contributed by atoms with Crippen LogP contribution in [-0.2, 0) is 4.74 Å². The molecule has 0 spiro atoms. The molecular formula is C16H31NO. The summed E-state index contributed by atoms with van der Waals surface area (Å²) in [6, 6.07) is 0.673. The van der Waals surface area contributed by atoms with E-state index in [0.717, 1.165) is 18.4 Å². The minimum absolute atomic E-state index is 0.359. The van der Waals surface area contributed by atoms with Crippen LogP contribution in [0.4, 0.5) is 0 Å². The van der Waals surface area contributed by atoms with Crippen LogP contribution in [0.25, 0.3) is 0 Å². The molecule has 1 N–H and O–H groups in total. The highest BCUT2D eigenvalue weighted by Crippen LogP contribution is 2.46. The van der Waals surface area contributed by atoms with E-state index in [1.54, 1.807) is 0 Å². The van der Waals surface area contributed by atoms with Crippen LogP contribution in [-0.4, -0.2) is 25.3 Å². The smallest absolute Gasteiger partial charge is 0.0658 e. The maximum absolute atomic E-state index is 5.87. The van der Waals surface area contributed by atoms with E-state index in [1.807, 2.05) is 0 Å². The van der Waals surface area contributed by atoms with Crippen molar-refractivity contribution in [1.29, 1.82) is 0 Å². The molecule has 0 aromatic rings. The first-order valence-electron chi connectivity index (χ1n) is 7.96. The first-order valence-corrected chi connectivity index (χ1v) is 7.96. The Hall–Kier alpha value is -0.0800. The predicted molar refractivity (Wildman–Crippen MR) is 76.7 cm³/mol. The normalized spacial score (nSPS) is 44.0. The zero-order valence-corrected chi connectivity index (χ0v) is 12.7. The topological polar surface area (TPSA) is 21.3 Å². The van der Waals surface area contributed by atoms with Crippen molar-refractivity contribution >= 4 is 0 Å². The predicted octanol–water partition coefficient (Wildman–Crippen LogP) is 3.61. The molecule has 2 fully saturated rings. The Morgan fingerprint density at radius 1 is 1.28 bits per heavy atom. The van der Waals surface area contributed by atoms with E-state index in [4.69, 9.17) is 4.74 Å². The third kappa shape index (κ3) is 2.60. The molecule has 5 unspecified atom stereocenters. The maximum Gasteiger partial charge on any atom is 0.0658 e. The third-order valence-corrected chi connectivity index (χ3v) is 5.78. The molecule has 0 saturated heterocycles. The fraction of sp³-hybridized carbons (Fsp3) is 1.00. The Bertz CT molecular complexity index is 268. The minimum atomic E-state index is 0.359. The molecule has 18 heavy (non-hydrogen) atoms. The molecule has 0 aromatic heterocycles. The Morgan fingerprint density at radius 2 is 2.06 bits per heavy atom. The summed E-state index contributed by atoms with van der Waals surface area (Å²) >= 11 is 0. The van der Waals surface area contributed by atoms with Gasteiger partial charge in [-0.1, -0.05) is 33.6 Å². The van der Waals surface area contributed by atoms with Crippen molar-refractivity contribution in [3.8, 4) is 0 Å². The number of ether oxygens (including phenoxy) is 1. The molecule has 0 bridgehead atoms. The van der Waals surface area contributed by atoms with E-state index in [0.29, 0.717) is 17.6 Å². The van der Waals surface area contributed by atoms with Crippen molar-refractivity contribution in [2.75, 3.05) is 13.2 Å².